The molecule has 0 aromatic heterocycles. The van der Waals surface area contributed by atoms with Crippen molar-refractivity contribution in [3.8, 4) is 11.5 Å². The van der Waals surface area contributed by atoms with E-state index in [0.717, 1.165) is 17.5 Å². The second kappa shape index (κ2) is 20.0. The monoisotopic (exact) mass is 436 g/mol. The first-order chi connectivity index (χ1) is 13.9. The molecule has 0 fully saturated rings. The molecule has 0 N–H and O–H groups in total. The molecular weight excluding hydrogens is 404 g/mol. The van der Waals surface area contributed by atoms with Crippen LogP contribution in [0.3, 0.4) is 0 Å². The van der Waals surface area contributed by atoms with Crippen LogP contribution in [0.4, 0.5) is 0 Å². The smallest absolute Gasteiger partial charge is 0.872 e. The third-order valence-corrected chi connectivity index (χ3v) is 3.26. The molecule has 2 aromatic carbocycles. The first-order valence-electron chi connectivity index (χ1n) is 9.62. The Bertz CT molecular complexity index is 697. The van der Waals surface area contributed by atoms with Gasteiger partial charge in [0.1, 0.15) is 0 Å². The van der Waals surface area contributed by atoms with Crippen LogP contribution in [0.5, 0.6) is 11.5 Å². The molecular formula is C27H32O2Ti. The van der Waals surface area contributed by atoms with Gasteiger partial charge in [0.15, 0.2) is 0 Å². The fourth-order valence-electron chi connectivity index (χ4n) is 2.00. The van der Waals surface area contributed by atoms with Gasteiger partial charge in [-0.1, -0.05) is 71.8 Å². The summed E-state index contributed by atoms with van der Waals surface area (Å²) in [5.41, 5.74) is 1.63. The molecule has 2 nitrogen and oxygen atoms in total. The minimum absolute atomic E-state index is 0. The number of para-hydroxylation sites is 2. The van der Waals surface area contributed by atoms with E-state index in [1.807, 2.05) is 36.4 Å². The van der Waals surface area contributed by atoms with E-state index in [1.54, 1.807) is 36.4 Å². The Labute approximate surface area is 198 Å². The Balaban J connectivity index is 0. The van der Waals surface area contributed by atoms with Crippen molar-refractivity contribution in [3.63, 3.8) is 0 Å². The Kier molecular flexibility index (Phi) is 19.9. The van der Waals surface area contributed by atoms with Crippen LogP contribution in [0, 0.1) is 12.0 Å². The summed E-state index contributed by atoms with van der Waals surface area (Å²) >= 11 is 0. The van der Waals surface area contributed by atoms with E-state index < -0.39 is 0 Å². The van der Waals surface area contributed by atoms with E-state index in [0.29, 0.717) is 12.8 Å². The zero-order valence-electron chi connectivity index (χ0n) is 18.4. The van der Waals surface area contributed by atoms with Crippen molar-refractivity contribution in [2.24, 2.45) is 0 Å². The molecule has 0 aliphatic heterocycles. The van der Waals surface area contributed by atoms with Crippen LogP contribution in [0.25, 0.3) is 0 Å². The Morgan fingerprint density at radius 3 is 1.50 bits per heavy atom. The minimum atomic E-state index is 0. The van der Waals surface area contributed by atoms with Gasteiger partial charge in [0.05, 0.1) is 0 Å². The van der Waals surface area contributed by atoms with Crippen molar-refractivity contribution >= 4 is 0 Å². The van der Waals surface area contributed by atoms with Crippen LogP contribution in [-0.4, -0.2) is 0 Å². The second-order valence-corrected chi connectivity index (χ2v) is 6.70. The zero-order chi connectivity index (χ0) is 21.9. The van der Waals surface area contributed by atoms with Crippen LogP contribution in [0.15, 0.2) is 92.1 Å². The normalized spacial score (nSPS) is 10.3. The second-order valence-electron chi connectivity index (χ2n) is 6.70. The van der Waals surface area contributed by atoms with Gasteiger partial charge >= 0.3 is 21.7 Å². The van der Waals surface area contributed by atoms with Gasteiger partial charge in [-0.25, -0.2) is 12.2 Å². The molecule has 0 saturated carbocycles. The van der Waals surface area contributed by atoms with Gasteiger partial charge in [0.2, 0.25) is 0 Å². The molecule has 3 rings (SSSR count). The number of allylic oxidation sites excluding steroid dienone is 6. The molecule has 0 bridgehead atoms. The molecule has 0 radical (unpaired) electrons. The Morgan fingerprint density at radius 1 is 0.867 bits per heavy atom. The molecule has 0 amide bonds. The molecule has 1 aliphatic rings. The SMILES string of the molecule is C=CCc1ccccc1[O-].C=CCc1ccccc1[O-].C[C-](C)C.[C-]1=CC=CC1.[Ti+4]. The Morgan fingerprint density at radius 2 is 1.27 bits per heavy atom. The van der Waals surface area contributed by atoms with Crippen LogP contribution in [0.1, 0.15) is 38.3 Å². The van der Waals surface area contributed by atoms with Gasteiger partial charge in [-0.2, -0.15) is 26.8 Å². The van der Waals surface area contributed by atoms with Crippen molar-refractivity contribution in [2.75, 3.05) is 0 Å². The molecule has 156 valence electrons. The van der Waals surface area contributed by atoms with Gasteiger partial charge < -0.3 is 16.1 Å². The molecule has 0 heterocycles. The maximum atomic E-state index is 11.0. The van der Waals surface area contributed by atoms with E-state index in [9.17, 15) is 10.2 Å². The van der Waals surface area contributed by atoms with Crippen LogP contribution < -0.4 is 10.2 Å². The Hall–Kier alpha value is -2.29. The van der Waals surface area contributed by atoms with E-state index in [2.05, 4.69) is 46.1 Å². The number of rotatable bonds is 4. The quantitative estimate of drug-likeness (QED) is 0.340. The van der Waals surface area contributed by atoms with E-state index in [1.165, 1.54) is 5.92 Å². The molecule has 30 heavy (non-hydrogen) atoms. The third kappa shape index (κ3) is 16.6. The van der Waals surface area contributed by atoms with Gasteiger partial charge in [0, 0.05) is 0 Å². The number of hydrogen-bond acceptors (Lipinski definition) is 2. The predicted octanol–water partition coefficient (Wildman–Crippen LogP) is 5.90. The number of hydrogen-bond donors (Lipinski definition) is 0. The summed E-state index contributed by atoms with van der Waals surface area (Å²) in [6.07, 6.45) is 14.8. The molecule has 0 atom stereocenters. The van der Waals surface area contributed by atoms with Gasteiger partial charge in [-0.05, 0) is 12.8 Å². The third-order valence-electron chi connectivity index (χ3n) is 3.26. The first kappa shape index (κ1) is 29.9. The molecule has 2 aromatic rings. The molecule has 0 unspecified atom stereocenters. The van der Waals surface area contributed by atoms with Gasteiger partial charge in [-0.15, -0.1) is 31.1 Å². The number of benzene rings is 2. The maximum absolute atomic E-state index is 11.0. The summed E-state index contributed by atoms with van der Waals surface area (Å²) < 4.78 is 0. The van der Waals surface area contributed by atoms with E-state index in [-0.39, 0.29) is 33.2 Å². The van der Waals surface area contributed by atoms with Crippen molar-refractivity contribution in [2.45, 2.75) is 40.0 Å². The largest absolute Gasteiger partial charge is 4.00 e. The van der Waals surface area contributed by atoms with Crippen molar-refractivity contribution in [1.82, 2.24) is 0 Å². The minimum Gasteiger partial charge on any atom is -0.872 e. The molecule has 3 heteroatoms. The topological polar surface area (TPSA) is 46.1 Å². The fourth-order valence-corrected chi connectivity index (χ4v) is 2.00. The van der Waals surface area contributed by atoms with Crippen LogP contribution in [-0.2, 0) is 34.6 Å². The fraction of sp³-hybridized carbons (Fsp3) is 0.222. The summed E-state index contributed by atoms with van der Waals surface area (Å²) in [4.78, 5) is 0. The van der Waals surface area contributed by atoms with Crippen LogP contribution >= 0.6 is 0 Å². The van der Waals surface area contributed by atoms with Crippen LogP contribution in [0.2, 0.25) is 0 Å². The summed E-state index contributed by atoms with van der Waals surface area (Å²) in [6.45, 7) is 13.4. The molecule has 0 saturated heterocycles. The van der Waals surface area contributed by atoms with Crippen molar-refractivity contribution in [3.05, 3.63) is 115 Å². The maximum Gasteiger partial charge on any atom is 4.00 e. The summed E-state index contributed by atoms with van der Waals surface area (Å²) in [5.74, 6) is 1.62. The van der Waals surface area contributed by atoms with E-state index in [4.69, 9.17) is 0 Å². The average Bonchev–Trinajstić information content (AvgIpc) is 3.26. The molecule has 1 aliphatic carbocycles. The van der Waals surface area contributed by atoms with Gasteiger partial charge in [-0.3, -0.25) is 6.08 Å². The average molecular weight is 436 g/mol. The van der Waals surface area contributed by atoms with Crippen molar-refractivity contribution in [1.29, 1.82) is 0 Å². The molecule has 0 spiro atoms. The van der Waals surface area contributed by atoms with Gasteiger partial charge in [0.25, 0.3) is 0 Å². The zero-order valence-corrected chi connectivity index (χ0v) is 19.9. The predicted molar refractivity (Wildman–Crippen MR) is 121 cm³/mol. The standard InChI is InChI=1S/2C9H10O.C5H5.C4H9.Ti/c2*1-2-5-8-6-3-4-7-9(8)10;1-2-4-5-3-1;1-4(2)3;/h2*2-4,6-7,10H,1,5H2;1-3H,4H2;1-3H3;/q;;2*-1;+4/p-2. The summed E-state index contributed by atoms with van der Waals surface area (Å²) in [6, 6.07) is 14.0. The van der Waals surface area contributed by atoms with Crippen molar-refractivity contribution < 1.29 is 31.9 Å². The first-order valence-corrected chi connectivity index (χ1v) is 9.62. The summed E-state index contributed by atoms with van der Waals surface area (Å²) in [7, 11) is 0. The summed E-state index contributed by atoms with van der Waals surface area (Å²) in [5, 5.41) is 21.9. The van der Waals surface area contributed by atoms with E-state index >= 15 is 0 Å².